The van der Waals surface area contributed by atoms with E-state index in [1.807, 2.05) is 0 Å². The zero-order valence-corrected chi connectivity index (χ0v) is 10.7. The van der Waals surface area contributed by atoms with Crippen molar-refractivity contribution in [3.63, 3.8) is 0 Å². The number of nitrogens with zero attached hydrogens (tertiary/aromatic N) is 2. The van der Waals surface area contributed by atoms with E-state index in [-0.39, 0.29) is 5.56 Å². The average Bonchev–Trinajstić information content (AvgIpc) is 2.39. The van der Waals surface area contributed by atoms with Gasteiger partial charge in [-0.1, -0.05) is 26.7 Å². The van der Waals surface area contributed by atoms with Gasteiger partial charge in [0.2, 0.25) is 0 Å². The maximum atomic E-state index is 11.3. The molecule has 0 unspecified atom stereocenters. The van der Waals surface area contributed by atoms with Crippen molar-refractivity contribution in [1.82, 2.24) is 9.97 Å². The molecular formula is C13H21N3O. The van der Waals surface area contributed by atoms with Gasteiger partial charge in [-0.25, -0.2) is 4.98 Å². The van der Waals surface area contributed by atoms with Crippen LogP contribution in [-0.4, -0.2) is 23.1 Å². The number of aromatic amines is 1. The zero-order chi connectivity index (χ0) is 12.3. The first-order valence-electron chi connectivity index (χ1n) is 6.49. The fraction of sp³-hybridized carbons (Fsp3) is 0.692. The van der Waals surface area contributed by atoms with Gasteiger partial charge in [0.15, 0.2) is 0 Å². The first-order chi connectivity index (χ1) is 8.19. The lowest BCUT2D eigenvalue weighted by molar-refractivity contribution is 0.199. The van der Waals surface area contributed by atoms with E-state index in [0.29, 0.717) is 5.41 Å². The normalized spacial score (nSPS) is 19.3. The molecule has 4 heteroatoms. The molecule has 94 valence electrons. The van der Waals surface area contributed by atoms with Crippen molar-refractivity contribution in [2.75, 3.05) is 18.0 Å². The van der Waals surface area contributed by atoms with Crippen LogP contribution >= 0.6 is 0 Å². The standard InChI is InChI=1S/C13H21N3O/c1-3-13(4-2)5-7-16(8-6-13)11-9-12(17)15-10-14-11/h9-10H,3-8H2,1-2H3,(H,14,15,17). The van der Waals surface area contributed by atoms with Crippen molar-refractivity contribution in [2.24, 2.45) is 5.41 Å². The second kappa shape index (κ2) is 4.90. The molecule has 1 aliphatic rings. The van der Waals surface area contributed by atoms with E-state index in [4.69, 9.17) is 0 Å². The highest BCUT2D eigenvalue weighted by molar-refractivity contribution is 5.37. The van der Waals surface area contributed by atoms with Crippen molar-refractivity contribution in [3.8, 4) is 0 Å². The lowest BCUT2D eigenvalue weighted by atomic mass is 9.74. The molecule has 2 rings (SSSR count). The van der Waals surface area contributed by atoms with Gasteiger partial charge in [0.05, 0.1) is 6.33 Å². The van der Waals surface area contributed by atoms with Gasteiger partial charge in [-0.3, -0.25) is 4.79 Å². The predicted molar refractivity (Wildman–Crippen MR) is 69.3 cm³/mol. The molecule has 1 aliphatic heterocycles. The van der Waals surface area contributed by atoms with Crippen molar-refractivity contribution < 1.29 is 0 Å². The molecule has 0 aromatic carbocycles. The molecule has 0 saturated carbocycles. The van der Waals surface area contributed by atoms with Gasteiger partial charge >= 0.3 is 0 Å². The van der Waals surface area contributed by atoms with Crippen LogP contribution in [0.25, 0.3) is 0 Å². The van der Waals surface area contributed by atoms with Gasteiger partial charge in [-0.05, 0) is 18.3 Å². The Morgan fingerprint density at radius 3 is 2.53 bits per heavy atom. The Morgan fingerprint density at radius 1 is 1.35 bits per heavy atom. The summed E-state index contributed by atoms with van der Waals surface area (Å²) in [5, 5.41) is 0. The molecule has 0 aliphatic carbocycles. The quantitative estimate of drug-likeness (QED) is 0.873. The molecule has 1 fully saturated rings. The smallest absolute Gasteiger partial charge is 0.252 e. The SMILES string of the molecule is CCC1(CC)CCN(c2cc(=O)[nH]cn2)CC1. The summed E-state index contributed by atoms with van der Waals surface area (Å²) in [5.41, 5.74) is 0.440. The molecule has 17 heavy (non-hydrogen) atoms. The predicted octanol–water partition coefficient (Wildman–Crippen LogP) is 2.18. The largest absolute Gasteiger partial charge is 0.356 e. The Kier molecular flexibility index (Phi) is 3.50. The van der Waals surface area contributed by atoms with Gasteiger partial charge in [-0.2, -0.15) is 0 Å². The number of hydrogen-bond acceptors (Lipinski definition) is 3. The molecule has 0 spiro atoms. The number of anilines is 1. The fourth-order valence-corrected chi connectivity index (χ4v) is 2.70. The van der Waals surface area contributed by atoms with E-state index < -0.39 is 0 Å². The van der Waals surface area contributed by atoms with Gasteiger partial charge in [0.1, 0.15) is 5.82 Å². The number of hydrogen-bond donors (Lipinski definition) is 1. The molecule has 1 saturated heterocycles. The second-order valence-electron chi connectivity index (χ2n) is 4.96. The van der Waals surface area contributed by atoms with Crippen LogP contribution in [0.3, 0.4) is 0 Å². The van der Waals surface area contributed by atoms with Gasteiger partial charge in [0, 0.05) is 19.2 Å². The van der Waals surface area contributed by atoms with Crippen molar-refractivity contribution in [3.05, 3.63) is 22.7 Å². The van der Waals surface area contributed by atoms with Crippen molar-refractivity contribution in [2.45, 2.75) is 39.5 Å². The minimum atomic E-state index is -0.0715. The molecule has 0 atom stereocenters. The molecule has 2 heterocycles. The maximum Gasteiger partial charge on any atom is 0.252 e. The minimum Gasteiger partial charge on any atom is -0.356 e. The van der Waals surface area contributed by atoms with E-state index in [0.717, 1.165) is 18.9 Å². The molecule has 1 N–H and O–H groups in total. The van der Waals surface area contributed by atoms with Crippen LogP contribution in [0.2, 0.25) is 0 Å². The third-order valence-corrected chi connectivity index (χ3v) is 4.31. The summed E-state index contributed by atoms with van der Waals surface area (Å²) in [5.74, 6) is 0.814. The Balaban J connectivity index is 2.07. The molecule has 4 nitrogen and oxygen atoms in total. The van der Waals surface area contributed by atoms with Crippen LogP contribution in [0.5, 0.6) is 0 Å². The van der Waals surface area contributed by atoms with E-state index in [9.17, 15) is 4.79 Å². The number of rotatable bonds is 3. The molecule has 0 amide bonds. The molecule has 0 bridgehead atoms. The summed E-state index contributed by atoms with van der Waals surface area (Å²) >= 11 is 0. The summed E-state index contributed by atoms with van der Waals surface area (Å²) in [7, 11) is 0. The highest BCUT2D eigenvalue weighted by Gasteiger charge is 2.31. The van der Waals surface area contributed by atoms with Crippen LogP contribution in [0, 0.1) is 5.41 Å². The molecule has 1 aromatic heterocycles. The monoisotopic (exact) mass is 235 g/mol. The Morgan fingerprint density at radius 2 is 2.00 bits per heavy atom. The van der Waals surface area contributed by atoms with Crippen LogP contribution in [-0.2, 0) is 0 Å². The summed E-state index contributed by atoms with van der Waals surface area (Å²) in [6.45, 7) is 6.59. The third kappa shape index (κ3) is 2.51. The van der Waals surface area contributed by atoms with Gasteiger partial charge in [-0.15, -0.1) is 0 Å². The van der Waals surface area contributed by atoms with E-state index in [2.05, 4.69) is 28.7 Å². The van der Waals surface area contributed by atoms with Crippen LogP contribution in [0.1, 0.15) is 39.5 Å². The van der Waals surface area contributed by atoms with Crippen molar-refractivity contribution >= 4 is 5.82 Å². The van der Waals surface area contributed by atoms with Crippen LogP contribution < -0.4 is 10.5 Å². The Labute approximate surface area is 102 Å². The summed E-state index contributed by atoms with van der Waals surface area (Å²) in [6, 6.07) is 1.59. The summed E-state index contributed by atoms with van der Waals surface area (Å²) < 4.78 is 0. The summed E-state index contributed by atoms with van der Waals surface area (Å²) in [6.07, 6.45) is 6.39. The van der Waals surface area contributed by atoms with Crippen LogP contribution in [0.15, 0.2) is 17.2 Å². The maximum absolute atomic E-state index is 11.3. The zero-order valence-electron chi connectivity index (χ0n) is 10.7. The van der Waals surface area contributed by atoms with E-state index in [1.165, 1.54) is 32.0 Å². The van der Waals surface area contributed by atoms with E-state index >= 15 is 0 Å². The van der Waals surface area contributed by atoms with Gasteiger partial charge < -0.3 is 9.88 Å². The Hall–Kier alpha value is -1.32. The third-order valence-electron chi connectivity index (χ3n) is 4.31. The lowest BCUT2D eigenvalue weighted by Crippen LogP contribution is -2.40. The van der Waals surface area contributed by atoms with E-state index in [1.54, 1.807) is 6.07 Å². The van der Waals surface area contributed by atoms with Crippen molar-refractivity contribution in [1.29, 1.82) is 0 Å². The van der Waals surface area contributed by atoms with Crippen LogP contribution in [0.4, 0.5) is 5.82 Å². The molecule has 1 aromatic rings. The number of H-pyrrole nitrogens is 1. The average molecular weight is 235 g/mol. The highest BCUT2D eigenvalue weighted by Crippen LogP contribution is 2.38. The molecule has 0 radical (unpaired) electrons. The summed E-state index contributed by atoms with van der Waals surface area (Å²) in [4.78, 5) is 20.3. The van der Waals surface area contributed by atoms with Gasteiger partial charge in [0.25, 0.3) is 5.56 Å². The fourth-order valence-electron chi connectivity index (χ4n) is 2.70. The second-order valence-corrected chi connectivity index (χ2v) is 4.96. The Bertz CT molecular complexity index is 413. The first kappa shape index (κ1) is 12.1. The number of piperidine rings is 1. The topological polar surface area (TPSA) is 49.0 Å². The minimum absolute atomic E-state index is 0.0715. The molecular weight excluding hydrogens is 214 g/mol. The first-order valence-corrected chi connectivity index (χ1v) is 6.49. The lowest BCUT2D eigenvalue weighted by Gasteiger charge is -2.41. The number of aromatic nitrogens is 2. The highest BCUT2D eigenvalue weighted by atomic mass is 16.1. The number of nitrogens with one attached hydrogen (secondary N) is 1.